The minimum atomic E-state index is 0.612. The van der Waals surface area contributed by atoms with Crippen LogP contribution in [0.15, 0.2) is 65.7 Å². The van der Waals surface area contributed by atoms with Gasteiger partial charge in [0.25, 0.3) is 0 Å². The molecule has 23 heavy (non-hydrogen) atoms. The van der Waals surface area contributed by atoms with E-state index in [0.29, 0.717) is 5.82 Å². The van der Waals surface area contributed by atoms with Crippen LogP contribution in [0.1, 0.15) is 5.56 Å². The Bertz CT molecular complexity index is 937. The molecular weight excluding hydrogens is 306 g/mol. The number of aromatic amines is 1. The standard InChI is InChI=1S/C17H13N5S/c1-2-7-15-13(5-1)8-9-16(18-15)23-11-12-4-3-6-14(10-12)17-19-21-22-20-17/h1-10H,11H2,(H,19,20,21,22). The molecule has 2 aromatic carbocycles. The van der Waals surface area contributed by atoms with E-state index in [1.165, 1.54) is 5.56 Å². The highest BCUT2D eigenvalue weighted by Crippen LogP contribution is 2.25. The Balaban J connectivity index is 1.53. The summed E-state index contributed by atoms with van der Waals surface area (Å²) in [6.07, 6.45) is 0. The summed E-state index contributed by atoms with van der Waals surface area (Å²) in [6.45, 7) is 0. The van der Waals surface area contributed by atoms with Gasteiger partial charge in [-0.3, -0.25) is 0 Å². The third-order valence-corrected chi connectivity index (χ3v) is 4.49. The molecule has 6 heteroatoms. The number of benzene rings is 2. The summed E-state index contributed by atoms with van der Waals surface area (Å²) in [5, 5.41) is 16.3. The summed E-state index contributed by atoms with van der Waals surface area (Å²) < 4.78 is 0. The summed E-state index contributed by atoms with van der Waals surface area (Å²) in [5.41, 5.74) is 3.19. The van der Waals surface area contributed by atoms with E-state index in [0.717, 1.165) is 27.2 Å². The molecule has 5 nitrogen and oxygen atoms in total. The molecule has 0 radical (unpaired) electrons. The highest BCUT2D eigenvalue weighted by atomic mass is 32.2. The van der Waals surface area contributed by atoms with Crippen LogP contribution in [0, 0.1) is 0 Å². The lowest BCUT2D eigenvalue weighted by molar-refractivity contribution is 0.881. The first-order valence-corrected chi connectivity index (χ1v) is 8.18. The molecule has 0 aliphatic carbocycles. The Labute approximate surface area is 137 Å². The van der Waals surface area contributed by atoms with Gasteiger partial charge in [-0.2, -0.15) is 5.21 Å². The maximum absolute atomic E-state index is 4.69. The van der Waals surface area contributed by atoms with Crippen molar-refractivity contribution in [3.05, 3.63) is 66.2 Å². The van der Waals surface area contributed by atoms with Crippen LogP contribution in [-0.4, -0.2) is 25.6 Å². The number of hydrogen-bond acceptors (Lipinski definition) is 5. The second-order valence-corrected chi connectivity index (χ2v) is 6.06. The van der Waals surface area contributed by atoms with Crippen LogP contribution < -0.4 is 0 Å². The van der Waals surface area contributed by atoms with Crippen molar-refractivity contribution < 1.29 is 0 Å². The van der Waals surface area contributed by atoms with Gasteiger partial charge in [-0.15, -0.1) is 22.0 Å². The Kier molecular flexibility index (Phi) is 3.73. The lowest BCUT2D eigenvalue weighted by Crippen LogP contribution is -1.87. The molecule has 0 amide bonds. The van der Waals surface area contributed by atoms with Gasteiger partial charge in [-0.1, -0.05) is 42.5 Å². The van der Waals surface area contributed by atoms with E-state index < -0.39 is 0 Å². The number of pyridine rings is 1. The zero-order valence-corrected chi connectivity index (χ0v) is 13.0. The molecule has 0 saturated heterocycles. The second kappa shape index (κ2) is 6.18. The van der Waals surface area contributed by atoms with Crippen LogP contribution >= 0.6 is 11.8 Å². The minimum absolute atomic E-state index is 0.612. The maximum atomic E-state index is 4.69. The van der Waals surface area contributed by atoms with Crippen molar-refractivity contribution in [3.63, 3.8) is 0 Å². The van der Waals surface area contributed by atoms with Gasteiger partial charge in [0.2, 0.25) is 5.82 Å². The number of tetrazole rings is 1. The van der Waals surface area contributed by atoms with E-state index in [4.69, 9.17) is 0 Å². The Morgan fingerprint density at radius 2 is 1.91 bits per heavy atom. The first-order valence-electron chi connectivity index (χ1n) is 7.20. The van der Waals surface area contributed by atoms with Crippen LogP contribution in [0.4, 0.5) is 0 Å². The fourth-order valence-electron chi connectivity index (χ4n) is 2.37. The Hall–Kier alpha value is -2.73. The van der Waals surface area contributed by atoms with Gasteiger partial charge in [-0.25, -0.2) is 4.98 Å². The Morgan fingerprint density at radius 3 is 2.83 bits per heavy atom. The average Bonchev–Trinajstić information content (AvgIpc) is 3.15. The monoisotopic (exact) mass is 319 g/mol. The zero-order valence-electron chi connectivity index (χ0n) is 12.2. The number of para-hydroxylation sites is 1. The van der Waals surface area contributed by atoms with E-state index >= 15 is 0 Å². The molecule has 0 atom stereocenters. The van der Waals surface area contributed by atoms with Crippen molar-refractivity contribution in [3.8, 4) is 11.4 Å². The molecule has 4 rings (SSSR count). The first-order chi connectivity index (χ1) is 11.4. The minimum Gasteiger partial charge on any atom is -0.241 e. The molecule has 4 aromatic rings. The summed E-state index contributed by atoms with van der Waals surface area (Å²) >= 11 is 1.72. The topological polar surface area (TPSA) is 67.3 Å². The number of rotatable bonds is 4. The number of nitrogens with one attached hydrogen (secondary N) is 1. The number of fused-ring (bicyclic) bond motifs is 1. The normalized spacial score (nSPS) is 11.0. The molecule has 2 aromatic heterocycles. The number of hydrogen-bond donors (Lipinski definition) is 1. The van der Waals surface area contributed by atoms with Crippen molar-refractivity contribution in [1.82, 2.24) is 25.6 Å². The highest BCUT2D eigenvalue weighted by molar-refractivity contribution is 7.98. The quantitative estimate of drug-likeness (QED) is 0.581. The number of H-pyrrole nitrogens is 1. The summed E-state index contributed by atoms with van der Waals surface area (Å²) in [5.74, 6) is 1.46. The molecular formula is C17H13N5S. The van der Waals surface area contributed by atoms with Crippen molar-refractivity contribution in [2.24, 2.45) is 0 Å². The summed E-state index contributed by atoms with van der Waals surface area (Å²) in [7, 11) is 0. The summed E-state index contributed by atoms with van der Waals surface area (Å²) in [6, 6.07) is 20.5. The van der Waals surface area contributed by atoms with Crippen molar-refractivity contribution in [2.75, 3.05) is 0 Å². The van der Waals surface area contributed by atoms with Gasteiger partial charge in [0.1, 0.15) is 0 Å². The fraction of sp³-hybridized carbons (Fsp3) is 0.0588. The molecule has 0 fully saturated rings. The lowest BCUT2D eigenvalue weighted by Gasteiger charge is -2.04. The van der Waals surface area contributed by atoms with Gasteiger partial charge in [-0.05, 0) is 29.0 Å². The molecule has 0 aliphatic heterocycles. The lowest BCUT2D eigenvalue weighted by atomic mass is 10.1. The Morgan fingerprint density at radius 1 is 0.957 bits per heavy atom. The van der Waals surface area contributed by atoms with Crippen LogP contribution in [0.3, 0.4) is 0 Å². The van der Waals surface area contributed by atoms with Crippen LogP contribution in [0.5, 0.6) is 0 Å². The van der Waals surface area contributed by atoms with E-state index in [1.807, 2.05) is 30.3 Å². The van der Waals surface area contributed by atoms with Crippen LogP contribution in [0.25, 0.3) is 22.3 Å². The van der Waals surface area contributed by atoms with Gasteiger partial charge in [0.15, 0.2) is 0 Å². The van der Waals surface area contributed by atoms with Gasteiger partial charge < -0.3 is 0 Å². The van der Waals surface area contributed by atoms with E-state index in [2.05, 4.69) is 55.9 Å². The average molecular weight is 319 g/mol. The van der Waals surface area contributed by atoms with Crippen molar-refractivity contribution >= 4 is 22.7 Å². The number of aromatic nitrogens is 5. The highest BCUT2D eigenvalue weighted by Gasteiger charge is 2.05. The summed E-state index contributed by atoms with van der Waals surface area (Å²) in [4.78, 5) is 4.69. The molecule has 0 saturated carbocycles. The van der Waals surface area contributed by atoms with E-state index in [1.54, 1.807) is 11.8 Å². The molecule has 0 aliphatic rings. The fourth-order valence-corrected chi connectivity index (χ4v) is 3.19. The number of thioether (sulfide) groups is 1. The third kappa shape index (κ3) is 3.07. The smallest absolute Gasteiger partial charge is 0.204 e. The SMILES string of the molecule is c1cc(CSc2ccc3ccccc3n2)cc(-c2nn[nH]n2)c1. The van der Waals surface area contributed by atoms with E-state index in [-0.39, 0.29) is 0 Å². The molecule has 0 bridgehead atoms. The maximum Gasteiger partial charge on any atom is 0.204 e. The molecule has 0 spiro atoms. The van der Waals surface area contributed by atoms with Crippen molar-refractivity contribution in [1.29, 1.82) is 0 Å². The molecule has 1 N–H and O–H groups in total. The van der Waals surface area contributed by atoms with Crippen LogP contribution in [-0.2, 0) is 5.75 Å². The first kappa shape index (κ1) is 13.9. The second-order valence-electron chi connectivity index (χ2n) is 5.07. The predicted molar refractivity (Wildman–Crippen MR) is 90.9 cm³/mol. The zero-order chi connectivity index (χ0) is 15.5. The number of nitrogens with zero attached hydrogens (tertiary/aromatic N) is 4. The molecule has 0 unspecified atom stereocenters. The molecule has 2 heterocycles. The van der Waals surface area contributed by atoms with Gasteiger partial charge in [0.05, 0.1) is 10.5 Å². The largest absolute Gasteiger partial charge is 0.241 e. The van der Waals surface area contributed by atoms with Gasteiger partial charge >= 0.3 is 0 Å². The van der Waals surface area contributed by atoms with Gasteiger partial charge in [0, 0.05) is 16.7 Å². The predicted octanol–water partition coefficient (Wildman–Crippen LogP) is 3.71. The van der Waals surface area contributed by atoms with E-state index in [9.17, 15) is 0 Å². The van der Waals surface area contributed by atoms with Crippen LogP contribution in [0.2, 0.25) is 0 Å². The van der Waals surface area contributed by atoms with Crippen molar-refractivity contribution in [2.45, 2.75) is 10.8 Å². The molecule has 112 valence electrons. The third-order valence-electron chi connectivity index (χ3n) is 3.49.